The second kappa shape index (κ2) is 29.8. The number of ether oxygens (including phenoxy) is 6. The molecule has 8 rings (SSSR count). The monoisotopic (exact) mass is 1140 g/mol. The summed E-state index contributed by atoms with van der Waals surface area (Å²) >= 11 is 0. The van der Waals surface area contributed by atoms with Crippen molar-refractivity contribution in [1.29, 1.82) is 0 Å². The summed E-state index contributed by atoms with van der Waals surface area (Å²) in [6.07, 6.45) is 7.98. The fourth-order valence-electron chi connectivity index (χ4n) is 10.8. The topological polar surface area (TPSA) is 237 Å². The van der Waals surface area contributed by atoms with Crippen molar-refractivity contribution in [3.05, 3.63) is 70.3 Å². The number of piperazine rings is 1. The number of rotatable bonds is 29. The smallest absolute Gasteiger partial charge is 0.408 e. The van der Waals surface area contributed by atoms with E-state index in [2.05, 4.69) is 61.6 Å². The molecule has 3 N–H and O–H groups in total. The maximum Gasteiger partial charge on any atom is 0.408 e. The number of carbonyl (C=O) groups excluding carboxylic acids is 4. The van der Waals surface area contributed by atoms with Crippen molar-refractivity contribution < 1.29 is 47.6 Å². The number of nitrogens with one attached hydrogen (secondary N) is 3. The molecule has 3 aromatic heterocycles. The van der Waals surface area contributed by atoms with E-state index >= 15 is 0 Å². The molecule has 1 saturated carbocycles. The first-order valence-corrected chi connectivity index (χ1v) is 29.6. The fourth-order valence-corrected chi connectivity index (χ4v) is 10.8. The van der Waals surface area contributed by atoms with Crippen LogP contribution in [0, 0.1) is 5.92 Å². The third-order valence-corrected chi connectivity index (χ3v) is 15.3. The van der Waals surface area contributed by atoms with E-state index in [4.69, 9.17) is 43.5 Å². The first kappa shape index (κ1) is 61.8. The first-order chi connectivity index (χ1) is 39.5. The van der Waals surface area contributed by atoms with Crippen molar-refractivity contribution in [2.75, 3.05) is 97.4 Å². The Bertz CT molecular complexity index is 2950. The number of aryl methyl sites for hydroxylation is 2. The zero-order valence-electron chi connectivity index (χ0n) is 49.3. The predicted octanol–water partition coefficient (Wildman–Crippen LogP) is 6.73. The van der Waals surface area contributed by atoms with Crippen LogP contribution in [0.5, 0.6) is 0 Å². The van der Waals surface area contributed by atoms with Crippen LogP contribution in [0.15, 0.2) is 53.5 Å². The van der Waals surface area contributed by atoms with Gasteiger partial charge in [0.05, 0.1) is 68.7 Å². The average molecular weight is 1140 g/mol. The van der Waals surface area contributed by atoms with Crippen molar-refractivity contribution >= 4 is 51.9 Å². The van der Waals surface area contributed by atoms with Crippen molar-refractivity contribution in [3.8, 4) is 11.3 Å². The molecular formula is C60H87N11O11. The van der Waals surface area contributed by atoms with E-state index in [0.29, 0.717) is 83.6 Å². The Morgan fingerprint density at radius 1 is 0.793 bits per heavy atom. The van der Waals surface area contributed by atoms with E-state index in [1.54, 1.807) is 32.4 Å². The van der Waals surface area contributed by atoms with Gasteiger partial charge in [-0.15, -0.1) is 0 Å². The number of benzene rings is 2. The number of nitrogens with zero attached hydrogens (tertiary/aromatic N) is 8. The molecule has 0 bridgehead atoms. The van der Waals surface area contributed by atoms with Gasteiger partial charge in [0.2, 0.25) is 17.8 Å². The molecule has 82 heavy (non-hydrogen) atoms. The molecule has 0 spiro atoms. The summed E-state index contributed by atoms with van der Waals surface area (Å²) in [5, 5.41) is 14.6. The van der Waals surface area contributed by atoms with Gasteiger partial charge in [-0.2, -0.15) is 10.1 Å². The SMILES string of the molecule is CCCCNc1ncc2c(-c3ccc(CN4CCN(CCOCCOCCOCCOCCCc5ccc6c(c5)n(C)c(=O)n6C5CCC(=O)NC5=O)CC4)cc3)nn([C@H]3CC[C@H](OC(=O)[C@@H](NC(=O)OC(C)(C)C)C(C)C)CC3)c2n1. The lowest BCUT2D eigenvalue weighted by Crippen LogP contribution is -2.48. The van der Waals surface area contributed by atoms with Gasteiger partial charge in [-0.05, 0) is 101 Å². The normalized spacial score (nSPS) is 18.8. The number of piperidine rings is 1. The van der Waals surface area contributed by atoms with Crippen LogP contribution in [-0.4, -0.2) is 172 Å². The summed E-state index contributed by atoms with van der Waals surface area (Å²) in [4.78, 5) is 77.7. The van der Waals surface area contributed by atoms with Crippen LogP contribution in [0.3, 0.4) is 0 Å². The summed E-state index contributed by atoms with van der Waals surface area (Å²) in [5.41, 5.74) is 5.43. The van der Waals surface area contributed by atoms with Crippen molar-refractivity contribution in [2.45, 2.75) is 142 Å². The maximum absolute atomic E-state index is 13.3. The van der Waals surface area contributed by atoms with Gasteiger partial charge in [-0.1, -0.05) is 57.5 Å². The minimum Gasteiger partial charge on any atom is -0.461 e. The molecule has 22 heteroatoms. The third kappa shape index (κ3) is 17.2. The Morgan fingerprint density at radius 3 is 2.11 bits per heavy atom. The highest BCUT2D eigenvalue weighted by Gasteiger charge is 2.34. The average Bonchev–Trinajstić information content (AvgIpc) is 3.07. The number of carbonyl (C=O) groups is 4. The lowest BCUT2D eigenvalue weighted by molar-refractivity contribution is -0.154. The molecule has 3 fully saturated rings. The zero-order chi connectivity index (χ0) is 58.2. The number of unbranched alkanes of at least 4 members (excludes halogenated alkanes) is 1. The number of anilines is 1. The predicted molar refractivity (Wildman–Crippen MR) is 311 cm³/mol. The molecule has 3 amide bonds. The second-order valence-corrected chi connectivity index (χ2v) is 23.1. The number of alkyl carbamates (subject to hydrolysis) is 1. The van der Waals surface area contributed by atoms with Crippen LogP contribution in [0.25, 0.3) is 33.3 Å². The highest BCUT2D eigenvalue weighted by Crippen LogP contribution is 2.36. The van der Waals surface area contributed by atoms with Gasteiger partial charge < -0.3 is 39.1 Å². The number of hydrogen-bond donors (Lipinski definition) is 3. The van der Waals surface area contributed by atoms with Crippen LogP contribution in [0.4, 0.5) is 10.7 Å². The molecule has 1 aliphatic carbocycles. The fraction of sp³-hybridized carbons (Fsp3) is 0.633. The zero-order valence-corrected chi connectivity index (χ0v) is 49.3. The standard InChI is InChI=1S/C60H87N11O11/c1-8-9-24-61-57-62-39-47-53(66-71(54(47)65-57)45-17-19-46(20-18-45)81-56(74)52(41(2)3)64-58(75)82-60(4,5)6)44-15-12-43(13-16-44)40-69-27-25-68(26-28-69)29-31-78-33-35-80-37-36-79-34-32-77-30-10-11-42-14-21-48-50(38-42)67(7)59(76)70(48)49-22-23-51(72)63-55(49)73/h12-16,21,38-39,41,45-46,49,52H,8-11,17-20,22-37,40H2,1-7H3,(H,64,75)(H,61,62,65)(H,63,72,73)/t45-,46-,49?,52-/m0/s1. The minimum absolute atomic E-state index is 0.0549. The molecule has 2 aliphatic heterocycles. The molecule has 5 heterocycles. The Balaban J connectivity index is 0.688. The maximum atomic E-state index is 13.3. The Morgan fingerprint density at radius 2 is 1.45 bits per heavy atom. The molecule has 0 radical (unpaired) electrons. The van der Waals surface area contributed by atoms with E-state index in [-0.39, 0.29) is 36.1 Å². The number of aromatic nitrogens is 6. The van der Waals surface area contributed by atoms with Crippen LogP contribution in [0.1, 0.15) is 123 Å². The number of hydrogen-bond acceptors (Lipinski definition) is 17. The van der Waals surface area contributed by atoms with Gasteiger partial charge >= 0.3 is 17.8 Å². The van der Waals surface area contributed by atoms with Crippen LogP contribution in [-0.2, 0) is 62.8 Å². The van der Waals surface area contributed by atoms with Gasteiger partial charge in [0.15, 0.2) is 5.65 Å². The number of imidazole rings is 1. The molecule has 1 unspecified atom stereocenters. The highest BCUT2D eigenvalue weighted by atomic mass is 16.6. The van der Waals surface area contributed by atoms with Crippen molar-refractivity contribution in [2.24, 2.45) is 13.0 Å². The largest absolute Gasteiger partial charge is 0.461 e. The highest BCUT2D eigenvalue weighted by molar-refractivity contribution is 6.00. The molecule has 2 atom stereocenters. The summed E-state index contributed by atoms with van der Waals surface area (Å²) < 4.78 is 39.6. The number of esters is 1. The molecule has 5 aromatic rings. The Kier molecular flexibility index (Phi) is 22.4. The molecule has 448 valence electrons. The molecule has 2 saturated heterocycles. The Labute approximate surface area is 481 Å². The van der Waals surface area contributed by atoms with Crippen LogP contribution in [0.2, 0.25) is 0 Å². The van der Waals surface area contributed by atoms with Crippen molar-refractivity contribution in [1.82, 2.24) is 49.3 Å². The lowest BCUT2D eigenvalue weighted by Gasteiger charge is -2.34. The summed E-state index contributed by atoms with van der Waals surface area (Å²) in [6, 6.07) is 13.1. The van der Waals surface area contributed by atoms with Crippen molar-refractivity contribution in [3.63, 3.8) is 0 Å². The van der Waals surface area contributed by atoms with E-state index in [1.165, 1.54) is 10.1 Å². The van der Waals surface area contributed by atoms with Gasteiger partial charge in [-0.25, -0.2) is 24.0 Å². The molecular weight excluding hydrogens is 1050 g/mol. The Hall–Kier alpha value is -6.30. The van der Waals surface area contributed by atoms with Crippen LogP contribution >= 0.6 is 0 Å². The quantitative estimate of drug-likeness (QED) is 0.0256. The summed E-state index contributed by atoms with van der Waals surface area (Å²) in [7, 11) is 1.70. The van der Waals surface area contributed by atoms with Crippen LogP contribution < -0.4 is 21.6 Å². The van der Waals surface area contributed by atoms with E-state index in [0.717, 1.165) is 118 Å². The van der Waals surface area contributed by atoms with Gasteiger partial charge in [-0.3, -0.25) is 33.8 Å². The lowest BCUT2D eigenvalue weighted by atomic mass is 9.93. The number of amides is 3. The van der Waals surface area contributed by atoms with Gasteiger partial charge in [0, 0.05) is 77.6 Å². The minimum atomic E-state index is -0.813. The van der Waals surface area contributed by atoms with E-state index < -0.39 is 35.7 Å². The van der Waals surface area contributed by atoms with E-state index in [9.17, 15) is 24.0 Å². The number of fused-ring (bicyclic) bond motifs is 2. The van der Waals surface area contributed by atoms with Gasteiger partial charge in [0.25, 0.3) is 0 Å². The molecule has 3 aliphatic rings. The third-order valence-electron chi connectivity index (χ3n) is 15.3. The van der Waals surface area contributed by atoms with E-state index in [1.807, 2.05) is 38.2 Å². The molecule has 22 nitrogen and oxygen atoms in total. The molecule has 2 aromatic carbocycles. The summed E-state index contributed by atoms with van der Waals surface area (Å²) in [5.74, 6) is -0.787. The van der Waals surface area contributed by atoms with Gasteiger partial charge in [0.1, 0.15) is 29.5 Å². The summed E-state index contributed by atoms with van der Waals surface area (Å²) in [6.45, 7) is 22.0. The number of imide groups is 1. The first-order valence-electron chi connectivity index (χ1n) is 29.6. The second-order valence-electron chi connectivity index (χ2n) is 23.1.